The zero-order chi connectivity index (χ0) is 15.4. The lowest BCUT2D eigenvalue weighted by Gasteiger charge is -2.57. The number of methoxy groups -OCH3 is 1. The zero-order valence-electron chi connectivity index (χ0n) is 13.3. The molecular weight excluding hydrogens is 268 g/mol. The molecule has 2 fully saturated rings. The van der Waals surface area contributed by atoms with E-state index in [0.29, 0.717) is 12.5 Å². The maximum absolute atomic E-state index is 12.1. The van der Waals surface area contributed by atoms with Crippen LogP contribution in [0, 0.1) is 28.6 Å². The van der Waals surface area contributed by atoms with Crippen LogP contribution in [-0.2, 0) is 19.1 Å². The molecule has 0 N–H and O–H groups in total. The van der Waals surface area contributed by atoms with Crippen molar-refractivity contribution in [3.8, 4) is 0 Å². The fourth-order valence-corrected chi connectivity index (χ4v) is 5.14. The lowest BCUT2D eigenvalue weighted by atomic mass is 9.46. The highest BCUT2D eigenvalue weighted by Crippen LogP contribution is 2.62. The lowest BCUT2D eigenvalue weighted by molar-refractivity contribution is -0.161. The van der Waals surface area contributed by atoms with Crippen molar-refractivity contribution >= 4 is 11.9 Å². The smallest absolute Gasteiger partial charge is 0.334 e. The Kier molecular flexibility index (Phi) is 3.19. The minimum absolute atomic E-state index is 0.0320. The van der Waals surface area contributed by atoms with Crippen LogP contribution in [0.3, 0.4) is 0 Å². The highest BCUT2D eigenvalue weighted by molar-refractivity contribution is 5.91. The van der Waals surface area contributed by atoms with Crippen LogP contribution in [0.1, 0.15) is 40.0 Å². The Morgan fingerprint density at radius 2 is 2.10 bits per heavy atom. The molecule has 1 heterocycles. The summed E-state index contributed by atoms with van der Waals surface area (Å²) in [4.78, 5) is 24.0. The highest BCUT2D eigenvalue weighted by Gasteiger charge is 2.59. The second-order valence-corrected chi connectivity index (χ2v) is 7.54. The Morgan fingerprint density at radius 3 is 2.76 bits per heavy atom. The molecule has 0 spiro atoms. The molecule has 0 aromatic heterocycles. The molecule has 0 aromatic rings. The number of cyclic esters (lactones) is 1. The summed E-state index contributed by atoms with van der Waals surface area (Å²) in [5.41, 5.74) is 0.763. The molecule has 0 aromatic carbocycles. The first-order valence-electron chi connectivity index (χ1n) is 7.77. The van der Waals surface area contributed by atoms with Crippen molar-refractivity contribution < 1.29 is 19.1 Å². The summed E-state index contributed by atoms with van der Waals surface area (Å²) in [6, 6.07) is 0. The van der Waals surface area contributed by atoms with Crippen LogP contribution >= 0.6 is 0 Å². The van der Waals surface area contributed by atoms with E-state index in [2.05, 4.69) is 20.8 Å². The van der Waals surface area contributed by atoms with Gasteiger partial charge in [0.05, 0.1) is 19.6 Å². The van der Waals surface area contributed by atoms with Gasteiger partial charge in [-0.25, -0.2) is 4.79 Å². The molecule has 4 atom stereocenters. The average molecular weight is 292 g/mol. The van der Waals surface area contributed by atoms with E-state index in [0.717, 1.165) is 24.8 Å². The third kappa shape index (κ3) is 1.87. The molecule has 0 radical (unpaired) electrons. The molecule has 1 saturated heterocycles. The number of hydrogen-bond acceptors (Lipinski definition) is 4. The monoisotopic (exact) mass is 292 g/mol. The summed E-state index contributed by atoms with van der Waals surface area (Å²) in [5, 5.41) is 0. The Bertz CT molecular complexity index is 519. The third-order valence-corrected chi connectivity index (χ3v) is 6.41. The molecule has 1 aliphatic heterocycles. The average Bonchev–Trinajstić information content (AvgIpc) is 2.80. The highest BCUT2D eigenvalue weighted by atomic mass is 16.5. The van der Waals surface area contributed by atoms with Crippen molar-refractivity contribution in [1.29, 1.82) is 0 Å². The van der Waals surface area contributed by atoms with Gasteiger partial charge in [-0.1, -0.05) is 26.8 Å². The van der Waals surface area contributed by atoms with E-state index in [4.69, 9.17) is 9.47 Å². The van der Waals surface area contributed by atoms with E-state index in [1.165, 1.54) is 7.11 Å². The van der Waals surface area contributed by atoms with E-state index in [9.17, 15) is 9.59 Å². The lowest BCUT2D eigenvalue weighted by Crippen LogP contribution is -2.54. The molecule has 1 saturated carbocycles. The Hall–Kier alpha value is -1.32. The number of fused-ring (bicyclic) bond motifs is 3. The van der Waals surface area contributed by atoms with Gasteiger partial charge >= 0.3 is 11.9 Å². The van der Waals surface area contributed by atoms with Gasteiger partial charge in [0, 0.05) is 11.5 Å². The molecule has 0 amide bonds. The van der Waals surface area contributed by atoms with Crippen molar-refractivity contribution in [3.63, 3.8) is 0 Å². The largest absolute Gasteiger partial charge is 0.469 e. The first kappa shape index (κ1) is 14.6. The third-order valence-electron chi connectivity index (χ3n) is 6.41. The van der Waals surface area contributed by atoms with Crippen LogP contribution in [-0.4, -0.2) is 25.7 Å². The van der Waals surface area contributed by atoms with Crippen molar-refractivity contribution in [2.75, 3.05) is 13.7 Å². The molecular formula is C17H24O4. The van der Waals surface area contributed by atoms with Crippen molar-refractivity contribution in [3.05, 3.63) is 11.6 Å². The van der Waals surface area contributed by atoms with E-state index in [-0.39, 0.29) is 34.6 Å². The number of esters is 2. The molecule has 4 nitrogen and oxygen atoms in total. The molecule has 116 valence electrons. The van der Waals surface area contributed by atoms with Crippen LogP contribution in [0.5, 0.6) is 0 Å². The van der Waals surface area contributed by atoms with Gasteiger partial charge in [0.2, 0.25) is 0 Å². The van der Waals surface area contributed by atoms with Crippen LogP contribution < -0.4 is 0 Å². The fraction of sp³-hybridized carbons (Fsp3) is 0.765. The van der Waals surface area contributed by atoms with E-state index >= 15 is 0 Å². The van der Waals surface area contributed by atoms with Gasteiger partial charge in [0.15, 0.2) is 0 Å². The molecule has 0 unspecified atom stereocenters. The van der Waals surface area contributed by atoms with E-state index < -0.39 is 0 Å². The van der Waals surface area contributed by atoms with Gasteiger partial charge in [-0.15, -0.1) is 0 Å². The second-order valence-electron chi connectivity index (χ2n) is 7.54. The number of ether oxygens (including phenoxy) is 2. The van der Waals surface area contributed by atoms with Gasteiger partial charge in [-0.2, -0.15) is 0 Å². The Morgan fingerprint density at radius 1 is 1.38 bits per heavy atom. The maximum Gasteiger partial charge on any atom is 0.334 e. The minimum Gasteiger partial charge on any atom is -0.469 e. The summed E-state index contributed by atoms with van der Waals surface area (Å²) in [6.45, 7) is 7.11. The van der Waals surface area contributed by atoms with Crippen molar-refractivity contribution in [2.24, 2.45) is 28.6 Å². The molecule has 2 aliphatic carbocycles. The van der Waals surface area contributed by atoms with Gasteiger partial charge < -0.3 is 9.47 Å². The Labute approximate surface area is 125 Å². The predicted molar refractivity (Wildman–Crippen MR) is 77.3 cm³/mol. The minimum atomic E-state index is -0.146. The molecule has 0 bridgehead atoms. The van der Waals surface area contributed by atoms with Crippen molar-refractivity contribution in [1.82, 2.24) is 0 Å². The fourth-order valence-electron chi connectivity index (χ4n) is 5.14. The molecule has 3 aliphatic rings. The summed E-state index contributed by atoms with van der Waals surface area (Å²) >= 11 is 0. The first-order valence-corrected chi connectivity index (χ1v) is 7.77. The number of carbonyl (C=O) groups excluding carboxylic acids is 2. The molecule has 4 heteroatoms. The first-order chi connectivity index (χ1) is 9.82. The number of hydrogen-bond donors (Lipinski definition) is 0. The van der Waals surface area contributed by atoms with Gasteiger partial charge in [-0.05, 0) is 36.0 Å². The van der Waals surface area contributed by atoms with Crippen LogP contribution in [0.15, 0.2) is 11.6 Å². The maximum atomic E-state index is 12.1. The van der Waals surface area contributed by atoms with Gasteiger partial charge in [0.1, 0.15) is 0 Å². The zero-order valence-corrected chi connectivity index (χ0v) is 13.3. The van der Waals surface area contributed by atoms with Crippen LogP contribution in [0.4, 0.5) is 0 Å². The summed E-state index contributed by atoms with van der Waals surface area (Å²) < 4.78 is 10.3. The second kappa shape index (κ2) is 4.59. The standard InChI is InChI=1S/C17H24O4/c1-16(2)11(15(19)20-4)7-8-17(3)12-9-21-14(18)10(12)5-6-13(16)17/h5,11-13H,6-9H2,1-4H3/t11-,12+,13+,17-/m1/s1. The number of allylic oxidation sites excluding steroid dienone is 1. The quantitative estimate of drug-likeness (QED) is 0.697. The van der Waals surface area contributed by atoms with Crippen LogP contribution in [0.2, 0.25) is 0 Å². The normalized spacial score (nSPS) is 40.7. The molecule has 21 heavy (non-hydrogen) atoms. The predicted octanol–water partition coefficient (Wildman–Crippen LogP) is 2.72. The van der Waals surface area contributed by atoms with Crippen LogP contribution in [0.25, 0.3) is 0 Å². The Balaban J connectivity index is 1.98. The van der Waals surface area contributed by atoms with Gasteiger partial charge in [-0.3, -0.25) is 4.79 Å². The summed E-state index contributed by atoms with van der Waals surface area (Å²) in [6.07, 6.45) is 4.66. The SMILES string of the molecule is COC(=O)[C@H]1CC[C@]2(C)[C@H]3COC(=O)C3=CC[C@H]2C1(C)C. The summed E-state index contributed by atoms with van der Waals surface area (Å²) in [7, 11) is 1.47. The molecule has 3 rings (SSSR count). The summed E-state index contributed by atoms with van der Waals surface area (Å²) in [5.74, 6) is 0.240. The number of carbonyl (C=O) groups is 2. The van der Waals surface area contributed by atoms with E-state index in [1.54, 1.807) is 0 Å². The van der Waals surface area contributed by atoms with E-state index in [1.807, 2.05) is 6.08 Å². The number of rotatable bonds is 1. The van der Waals surface area contributed by atoms with Crippen molar-refractivity contribution in [2.45, 2.75) is 40.0 Å². The topological polar surface area (TPSA) is 52.6 Å². The van der Waals surface area contributed by atoms with Gasteiger partial charge in [0.25, 0.3) is 0 Å².